The summed E-state index contributed by atoms with van der Waals surface area (Å²) in [5, 5.41) is 4.13. The molecule has 4 nitrogen and oxygen atoms in total. The summed E-state index contributed by atoms with van der Waals surface area (Å²) in [4.78, 5) is 26.2. The van der Waals surface area contributed by atoms with Gasteiger partial charge in [-0.15, -0.1) is 0 Å². The lowest BCUT2D eigenvalue weighted by atomic mass is 9.95. The molecule has 1 aliphatic heterocycles. The summed E-state index contributed by atoms with van der Waals surface area (Å²) in [5.74, 6) is 0.275. The highest BCUT2D eigenvalue weighted by atomic mass is 35.5. The van der Waals surface area contributed by atoms with Crippen LogP contribution in [0.15, 0.2) is 18.2 Å². The highest BCUT2D eigenvalue weighted by molar-refractivity contribution is 6.35. The van der Waals surface area contributed by atoms with Gasteiger partial charge in [-0.3, -0.25) is 9.59 Å². The van der Waals surface area contributed by atoms with Crippen LogP contribution in [0.5, 0.6) is 0 Å². The van der Waals surface area contributed by atoms with Crippen molar-refractivity contribution in [1.29, 1.82) is 0 Å². The molecule has 0 aromatic heterocycles. The van der Waals surface area contributed by atoms with Gasteiger partial charge in [0, 0.05) is 42.0 Å². The largest absolute Gasteiger partial charge is 0.356 e. The molecule has 24 heavy (non-hydrogen) atoms. The normalized spacial score (nSPS) is 15.4. The molecule has 1 N–H and O–H groups in total. The van der Waals surface area contributed by atoms with Crippen LogP contribution in [-0.2, 0) is 16.0 Å². The maximum atomic E-state index is 12.4. The van der Waals surface area contributed by atoms with Crippen LogP contribution in [0.25, 0.3) is 0 Å². The first-order valence-corrected chi connectivity index (χ1v) is 9.26. The molecular weight excluding hydrogens is 347 g/mol. The molecule has 1 aromatic rings. The minimum Gasteiger partial charge on any atom is -0.356 e. The van der Waals surface area contributed by atoms with Crippen LogP contribution in [0.3, 0.4) is 0 Å². The second kappa shape index (κ2) is 9.28. The fourth-order valence-corrected chi connectivity index (χ4v) is 3.41. The van der Waals surface area contributed by atoms with Crippen LogP contribution in [0.4, 0.5) is 0 Å². The van der Waals surface area contributed by atoms with Gasteiger partial charge in [-0.25, -0.2) is 0 Å². The van der Waals surface area contributed by atoms with Gasteiger partial charge in [0.05, 0.1) is 0 Å². The molecule has 0 atom stereocenters. The van der Waals surface area contributed by atoms with Gasteiger partial charge in [-0.2, -0.15) is 0 Å². The third-order valence-electron chi connectivity index (χ3n) is 4.39. The lowest BCUT2D eigenvalue weighted by Crippen LogP contribution is -2.43. The van der Waals surface area contributed by atoms with E-state index in [1.807, 2.05) is 17.9 Å². The number of likely N-dealkylation sites (tertiary alicyclic amines) is 1. The van der Waals surface area contributed by atoms with E-state index in [9.17, 15) is 9.59 Å². The number of amides is 2. The van der Waals surface area contributed by atoms with E-state index < -0.39 is 0 Å². The summed E-state index contributed by atoms with van der Waals surface area (Å²) < 4.78 is 0. The molecule has 132 valence electrons. The zero-order valence-electron chi connectivity index (χ0n) is 14.0. The number of carbonyl (C=O) groups is 2. The average Bonchev–Trinajstić information content (AvgIpc) is 2.58. The first kappa shape index (κ1) is 19.1. The Morgan fingerprint density at radius 2 is 1.96 bits per heavy atom. The van der Waals surface area contributed by atoms with Crippen LogP contribution in [0.2, 0.25) is 10.0 Å². The maximum Gasteiger partial charge on any atom is 0.223 e. The molecule has 6 heteroatoms. The lowest BCUT2D eigenvalue weighted by Gasteiger charge is -2.31. The van der Waals surface area contributed by atoms with Gasteiger partial charge in [-0.1, -0.05) is 36.2 Å². The van der Waals surface area contributed by atoms with Crippen LogP contribution in [-0.4, -0.2) is 36.3 Å². The third kappa shape index (κ3) is 5.38. The Hall–Kier alpha value is -1.26. The fraction of sp³-hybridized carbons (Fsp3) is 0.556. The summed E-state index contributed by atoms with van der Waals surface area (Å²) in [6.45, 7) is 4.06. The molecule has 1 aliphatic rings. The number of nitrogens with one attached hydrogen (secondary N) is 1. The number of halogens is 2. The van der Waals surface area contributed by atoms with Crippen LogP contribution < -0.4 is 5.32 Å². The molecule has 0 radical (unpaired) electrons. The Morgan fingerprint density at radius 1 is 1.25 bits per heavy atom. The molecule has 0 bridgehead atoms. The number of piperidine rings is 1. The van der Waals surface area contributed by atoms with Crippen molar-refractivity contribution in [3.8, 4) is 0 Å². The molecule has 0 saturated carbocycles. The predicted molar refractivity (Wildman–Crippen MR) is 97.4 cm³/mol. The van der Waals surface area contributed by atoms with Crippen molar-refractivity contribution in [3.63, 3.8) is 0 Å². The molecule has 0 spiro atoms. The smallest absolute Gasteiger partial charge is 0.223 e. The van der Waals surface area contributed by atoms with Crippen molar-refractivity contribution >= 4 is 35.0 Å². The number of aryl methyl sites for hydroxylation is 1. The SMILES string of the molecule is CCCNC(=O)C1CCN(C(=O)CCc2ccc(Cl)cc2Cl)CC1. The maximum absolute atomic E-state index is 12.4. The second-order valence-corrected chi connectivity index (χ2v) is 7.03. The zero-order chi connectivity index (χ0) is 17.5. The first-order valence-electron chi connectivity index (χ1n) is 8.50. The van der Waals surface area contributed by atoms with Crippen LogP contribution in [0.1, 0.15) is 38.2 Å². The number of benzene rings is 1. The Kier molecular flexibility index (Phi) is 7.38. The highest BCUT2D eigenvalue weighted by Crippen LogP contribution is 2.23. The minimum absolute atomic E-state index is 0.0336. The number of rotatable bonds is 6. The number of hydrogen-bond donors (Lipinski definition) is 1. The molecule has 0 unspecified atom stereocenters. The highest BCUT2D eigenvalue weighted by Gasteiger charge is 2.26. The van der Waals surface area contributed by atoms with Gasteiger partial charge < -0.3 is 10.2 Å². The molecule has 1 heterocycles. The van der Waals surface area contributed by atoms with Crippen molar-refractivity contribution in [3.05, 3.63) is 33.8 Å². The van der Waals surface area contributed by atoms with Crippen molar-refractivity contribution in [2.24, 2.45) is 5.92 Å². The number of hydrogen-bond acceptors (Lipinski definition) is 2. The molecule has 1 saturated heterocycles. The van der Waals surface area contributed by atoms with Crippen molar-refractivity contribution < 1.29 is 9.59 Å². The summed E-state index contributed by atoms with van der Waals surface area (Å²) in [5.41, 5.74) is 0.934. The predicted octanol–water partition coefficient (Wildman–Crippen LogP) is 3.69. The van der Waals surface area contributed by atoms with Crippen molar-refractivity contribution in [2.75, 3.05) is 19.6 Å². The van der Waals surface area contributed by atoms with E-state index in [0.29, 0.717) is 36.0 Å². The summed E-state index contributed by atoms with van der Waals surface area (Å²) in [6, 6.07) is 5.35. The van der Waals surface area contributed by atoms with E-state index >= 15 is 0 Å². The molecule has 1 aromatic carbocycles. The topological polar surface area (TPSA) is 49.4 Å². The van der Waals surface area contributed by atoms with E-state index in [0.717, 1.165) is 31.4 Å². The second-order valence-electron chi connectivity index (χ2n) is 6.18. The van der Waals surface area contributed by atoms with Gasteiger partial charge in [0.15, 0.2) is 0 Å². The van der Waals surface area contributed by atoms with Gasteiger partial charge in [-0.05, 0) is 43.4 Å². The number of nitrogens with zero attached hydrogens (tertiary/aromatic N) is 1. The summed E-state index contributed by atoms with van der Waals surface area (Å²) in [6.07, 6.45) is 3.45. The van der Waals surface area contributed by atoms with Gasteiger partial charge in [0.1, 0.15) is 0 Å². The third-order valence-corrected chi connectivity index (χ3v) is 4.98. The molecular formula is C18H24Cl2N2O2. The van der Waals surface area contributed by atoms with Crippen molar-refractivity contribution in [2.45, 2.75) is 39.0 Å². The minimum atomic E-state index is 0.0336. The average molecular weight is 371 g/mol. The Bertz CT molecular complexity index is 584. The Balaban J connectivity index is 1.77. The van der Waals surface area contributed by atoms with E-state index in [1.165, 1.54) is 0 Å². The first-order chi connectivity index (χ1) is 11.5. The number of carbonyl (C=O) groups excluding carboxylic acids is 2. The Labute approximate surface area is 153 Å². The molecule has 2 rings (SSSR count). The van der Waals surface area contributed by atoms with Gasteiger partial charge in [0.2, 0.25) is 11.8 Å². The summed E-state index contributed by atoms with van der Waals surface area (Å²) in [7, 11) is 0. The standard InChI is InChI=1S/C18H24Cl2N2O2/c1-2-9-21-18(24)14-7-10-22(11-8-14)17(23)6-4-13-3-5-15(19)12-16(13)20/h3,5,12,14H,2,4,6-11H2,1H3,(H,21,24). The van der Waals surface area contributed by atoms with Gasteiger partial charge >= 0.3 is 0 Å². The molecule has 1 fully saturated rings. The lowest BCUT2D eigenvalue weighted by molar-refractivity contribution is -0.135. The zero-order valence-corrected chi connectivity index (χ0v) is 15.5. The quantitative estimate of drug-likeness (QED) is 0.829. The molecule has 2 amide bonds. The van der Waals surface area contributed by atoms with Gasteiger partial charge in [0.25, 0.3) is 0 Å². The van der Waals surface area contributed by atoms with Crippen LogP contribution >= 0.6 is 23.2 Å². The fourth-order valence-electron chi connectivity index (χ4n) is 2.91. The summed E-state index contributed by atoms with van der Waals surface area (Å²) >= 11 is 12.0. The van der Waals surface area contributed by atoms with E-state index in [-0.39, 0.29) is 17.7 Å². The van der Waals surface area contributed by atoms with E-state index in [1.54, 1.807) is 12.1 Å². The monoisotopic (exact) mass is 370 g/mol. The van der Waals surface area contributed by atoms with E-state index in [2.05, 4.69) is 5.32 Å². The molecule has 0 aliphatic carbocycles. The van der Waals surface area contributed by atoms with E-state index in [4.69, 9.17) is 23.2 Å². The Morgan fingerprint density at radius 3 is 2.58 bits per heavy atom. The van der Waals surface area contributed by atoms with Crippen LogP contribution in [0, 0.1) is 5.92 Å². The van der Waals surface area contributed by atoms with Crippen molar-refractivity contribution in [1.82, 2.24) is 10.2 Å².